The molecular formula is C16H19FN2O. The normalized spacial score (nSPS) is 10.7. The molecule has 1 aromatic heterocycles. The predicted molar refractivity (Wildman–Crippen MR) is 78.2 cm³/mol. The van der Waals surface area contributed by atoms with Crippen LogP contribution in [0.5, 0.6) is 0 Å². The number of nitrogens with zero attached hydrogens (tertiary/aromatic N) is 1. The van der Waals surface area contributed by atoms with Gasteiger partial charge in [0, 0.05) is 11.9 Å². The molecule has 106 valence electrons. The van der Waals surface area contributed by atoms with Gasteiger partial charge in [-0.15, -0.1) is 0 Å². The van der Waals surface area contributed by atoms with Crippen LogP contribution in [0.15, 0.2) is 30.3 Å². The Hall–Kier alpha value is -1.97. The van der Waals surface area contributed by atoms with Gasteiger partial charge in [0.05, 0.1) is 5.52 Å². The van der Waals surface area contributed by atoms with Crippen molar-refractivity contribution in [3.63, 3.8) is 0 Å². The quantitative estimate of drug-likeness (QED) is 0.816. The second kappa shape index (κ2) is 6.98. The SMILES string of the molecule is CCCCCCNC(=O)c1ccc2cc(F)ccc2n1. The van der Waals surface area contributed by atoms with Gasteiger partial charge in [0.25, 0.3) is 5.91 Å². The fourth-order valence-corrected chi connectivity index (χ4v) is 2.07. The first-order valence-corrected chi connectivity index (χ1v) is 7.05. The number of fused-ring (bicyclic) bond motifs is 1. The van der Waals surface area contributed by atoms with E-state index in [0.717, 1.165) is 12.8 Å². The van der Waals surface area contributed by atoms with E-state index in [-0.39, 0.29) is 11.7 Å². The first kappa shape index (κ1) is 14.4. The predicted octanol–water partition coefficient (Wildman–Crippen LogP) is 3.68. The van der Waals surface area contributed by atoms with Crippen molar-refractivity contribution in [3.8, 4) is 0 Å². The van der Waals surface area contributed by atoms with Crippen LogP contribution in [-0.4, -0.2) is 17.4 Å². The molecule has 0 aliphatic rings. The molecule has 2 rings (SSSR count). The summed E-state index contributed by atoms with van der Waals surface area (Å²) in [7, 11) is 0. The maximum absolute atomic E-state index is 13.1. The van der Waals surface area contributed by atoms with Gasteiger partial charge >= 0.3 is 0 Å². The number of rotatable bonds is 6. The largest absolute Gasteiger partial charge is 0.351 e. The molecule has 3 nitrogen and oxygen atoms in total. The molecule has 0 aliphatic carbocycles. The van der Waals surface area contributed by atoms with E-state index in [1.54, 1.807) is 18.2 Å². The number of unbranched alkanes of at least 4 members (excludes halogenated alkanes) is 3. The van der Waals surface area contributed by atoms with E-state index in [2.05, 4.69) is 17.2 Å². The number of hydrogen-bond donors (Lipinski definition) is 1. The van der Waals surface area contributed by atoms with E-state index in [0.29, 0.717) is 23.1 Å². The van der Waals surface area contributed by atoms with E-state index in [9.17, 15) is 9.18 Å². The molecule has 0 aliphatic heterocycles. The number of amides is 1. The van der Waals surface area contributed by atoms with Crippen LogP contribution in [0, 0.1) is 5.82 Å². The Kier molecular flexibility index (Phi) is 5.04. The highest BCUT2D eigenvalue weighted by molar-refractivity contribution is 5.94. The highest BCUT2D eigenvalue weighted by atomic mass is 19.1. The Morgan fingerprint density at radius 1 is 1.20 bits per heavy atom. The molecule has 4 heteroatoms. The van der Waals surface area contributed by atoms with Gasteiger partial charge in [-0.25, -0.2) is 9.37 Å². The van der Waals surface area contributed by atoms with Crippen molar-refractivity contribution in [2.75, 3.05) is 6.54 Å². The molecule has 2 aromatic rings. The number of carbonyl (C=O) groups is 1. The number of hydrogen-bond acceptors (Lipinski definition) is 2. The Labute approximate surface area is 118 Å². The summed E-state index contributed by atoms with van der Waals surface area (Å²) in [6.07, 6.45) is 4.48. The smallest absolute Gasteiger partial charge is 0.269 e. The molecule has 0 spiro atoms. The van der Waals surface area contributed by atoms with Crippen LogP contribution in [0.2, 0.25) is 0 Å². The standard InChI is InChI=1S/C16H19FN2O/c1-2-3-4-5-10-18-16(20)15-8-6-12-11-13(17)7-9-14(12)19-15/h6-9,11H,2-5,10H2,1H3,(H,18,20). The summed E-state index contributed by atoms with van der Waals surface area (Å²) < 4.78 is 13.1. The maximum Gasteiger partial charge on any atom is 0.269 e. The fourth-order valence-electron chi connectivity index (χ4n) is 2.07. The number of pyridine rings is 1. The number of benzene rings is 1. The van der Waals surface area contributed by atoms with Crippen molar-refractivity contribution < 1.29 is 9.18 Å². The minimum absolute atomic E-state index is 0.173. The molecule has 1 aromatic carbocycles. The Bertz CT molecular complexity index is 598. The second-order valence-corrected chi connectivity index (χ2v) is 4.85. The number of nitrogens with one attached hydrogen (secondary N) is 1. The second-order valence-electron chi connectivity index (χ2n) is 4.85. The van der Waals surface area contributed by atoms with Crippen LogP contribution >= 0.6 is 0 Å². The van der Waals surface area contributed by atoms with Crippen LogP contribution in [-0.2, 0) is 0 Å². The molecule has 0 radical (unpaired) electrons. The highest BCUT2D eigenvalue weighted by Gasteiger charge is 2.07. The maximum atomic E-state index is 13.1. The van der Waals surface area contributed by atoms with E-state index in [4.69, 9.17) is 0 Å². The number of halogens is 1. The molecule has 0 saturated heterocycles. The van der Waals surface area contributed by atoms with E-state index >= 15 is 0 Å². The highest BCUT2D eigenvalue weighted by Crippen LogP contribution is 2.14. The third kappa shape index (κ3) is 3.76. The van der Waals surface area contributed by atoms with Gasteiger partial charge in [0.2, 0.25) is 0 Å². The van der Waals surface area contributed by atoms with Gasteiger partial charge in [0.1, 0.15) is 11.5 Å². The first-order valence-electron chi connectivity index (χ1n) is 7.05. The van der Waals surface area contributed by atoms with Gasteiger partial charge in [-0.3, -0.25) is 4.79 Å². The molecule has 1 heterocycles. The molecule has 0 bridgehead atoms. The topological polar surface area (TPSA) is 42.0 Å². The number of aromatic nitrogens is 1. The van der Waals surface area contributed by atoms with E-state index in [1.807, 2.05) is 0 Å². The third-order valence-electron chi connectivity index (χ3n) is 3.20. The monoisotopic (exact) mass is 274 g/mol. The Morgan fingerprint density at radius 3 is 2.85 bits per heavy atom. The third-order valence-corrected chi connectivity index (χ3v) is 3.20. The average Bonchev–Trinajstić information content (AvgIpc) is 2.46. The van der Waals surface area contributed by atoms with Crippen molar-refractivity contribution in [3.05, 3.63) is 41.8 Å². The molecule has 0 fully saturated rings. The lowest BCUT2D eigenvalue weighted by Gasteiger charge is -2.05. The lowest BCUT2D eigenvalue weighted by molar-refractivity contribution is 0.0948. The zero-order valence-corrected chi connectivity index (χ0v) is 11.7. The first-order chi connectivity index (χ1) is 9.70. The molecule has 0 unspecified atom stereocenters. The van der Waals surface area contributed by atoms with Gasteiger partial charge in [-0.1, -0.05) is 32.3 Å². The van der Waals surface area contributed by atoms with Gasteiger partial charge < -0.3 is 5.32 Å². The lowest BCUT2D eigenvalue weighted by atomic mass is 10.2. The van der Waals surface area contributed by atoms with Crippen molar-refractivity contribution in [1.82, 2.24) is 10.3 Å². The average molecular weight is 274 g/mol. The van der Waals surface area contributed by atoms with Gasteiger partial charge in [0.15, 0.2) is 0 Å². The molecule has 1 amide bonds. The van der Waals surface area contributed by atoms with E-state index in [1.165, 1.54) is 25.0 Å². The Morgan fingerprint density at radius 2 is 2.05 bits per heavy atom. The summed E-state index contributed by atoms with van der Waals surface area (Å²) in [5.74, 6) is -0.472. The number of carbonyl (C=O) groups excluding carboxylic acids is 1. The van der Waals surface area contributed by atoms with Crippen molar-refractivity contribution in [2.45, 2.75) is 32.6 Å². The van der Waals surface area contributed by atoms with Crippen molar-refractivity contribution in [2.24, 2.45) is 0 Å². The minimum atomic E-state index is -0.299. The zero-order valence-electron chi connectivity index (χ0n) is 11.7. The summed E-state index contributed by atoms with van der Waals surface area (Å²) in [5, 5.41) is 3.56. The molecule has 1 N–H and O–H groups in total. The van der Waals surface area contributed by atoms with Crippen LogP contribution in [0.4, 0.5) is 4.39 Å². The van der Waals surface area contributed by atoms with Crippen LogP contribution in [0.25, 0.3) is 10.9 Å². The van der Waals surface area contributed by atoms with Gasteiger partial charge in [-0.2, -0.15) is 0 Å². The summed E-state index contributed by atoms with van der Waals surface area (Å²) in [5.41, 5.74) is 1.00. The lowest BCUT2D eigenvalue weighted by Crippen LogP contribution is -2.25. The van der Waals surface area contributed by atoms with Crippen molar-refractivity contribution in [1.29, 1.82) is 0 Å². The summed E-state index contributed by atoms with van der Waals surface area (Å²) >= 11 is 0. The molecule has 20 heavy (non-hydrogen) atoms. The summed E-state index contributed by atoms with van der Waals surface area (Å²) in [6, 6.07) is 7.69. The van der Waals surface area contributed by atoms with Crippen LogP contribution in [0.3, 0.4) is 0 Å². The molecule has 0 saturated carbocycles. The minimum Gasteiger partial charge on any atom is -0.351 e. The Balaban J connectivity index is 1.98. The van der Waals surface area contributed by atoms with Crippen molar-refractivity contribution >= 4 is 16.8 Å². The molecular weight excluding hydrogens is 255 g/mol. The van der Waals surface area contributed by atoms with Crippen LogP contribution < -0.4 is 5.32 Å². The van der Waals surface area contributed by atoms with E-state index < -0.39 is 0 Å². The van der Waals surface area contributed by atoms with Gasteiger partial charge in [-0.05, 0) is 30.7 Å². The zero-order chi connectivity index (χ0) is 14.4. The molecule has 0 atom stereocenters. The fraction of sp³-hybridized carbons (Fsp3) is 0.375. The summed E-state index contributed by atoms with van der Waals surface area (Å²) in [6.45, 7) is 2.82. The summed E-state index contributed by atoms with van der Waals surface area (Å²) in [4.78, 5) is 16.2. The van der Waals surface area contributed by atoms with Crippen LogP contribution in [0.1, 0.15) is 43.1 Å².